The third-order valence-corrected chi connectivity index (χ3v) is 3.37. The van der Waals surface area contributed by atoms with E-state index in [1.807, 2.05) is 35.7 Å². The fraction of sp³-hybridized carbons (Fsp3) is 0.200. The second-order valence-electron chi connectivity index (χ2n) is 3.68. The summed E-state index contributed by atoms with van der Waals surface area (Å²) in [6, 6.07) is 9.38. The fourth-order valence-corrected chi connectivity index (χ4v) is 2.26. The van der Waals surface area contributed by atoms with Crippen LogP contribution < -0.4 is 9.47 Å². The number of rotatable bonds is 4. The average Bonchev–Trinajstić information content (AvgIpc) is 2.91. The predicted molar refractivity (Wildman–Crippen MR) is 75.6 cm³/mol. The highest BCUT2D eigenvalue weighted by molar-refractivity contribution is 7.10. The first-order valence-corrected chi connectivity index (χ1v) is 6.64. The molecule has 1 heterocycles. The molecule has 0 saturated carbocycles. The summed E-state index contributed by atoms with van der Waals surface area (Å²) in [7, 11) is 1.63. The molecule has 0 radical (unpaired) electrons. The molecule has 0 amide bonds. The Labute approximate surface area is 116 Å². The third-order valence-electron chi connectivity index (χ3n) is 2.48. The van der Waals surface area contributed by atoms with Crippen molar-refractivity contribution in [1.29, 1.82) is 0 Å². The predicted octanol–water partition coefficient (Wildman–Crippen LogP) is 2.68. The van der Waals surface area contributed by atoms with Crippen molar-refractivity contribution in [2.45, 2.75) is 6.61 Å². The van der Waals surface area contributed by atoms with Crippen LogP contribution in [0.5, 0.6) is 11.5 Å². The number of hydrogen-bond donors (Lipinski definition) is 1. The van der Waals surface area contributed by atoms with Gasteiger partial charge in [0.1, 0.15) is 24.7 Å². The summed E-state index contributed by atoms with van der Waals surface area (Å²) in [5, 5.41) is 10.7. The van der Waals surface area contributed by atoms with E-state index in [1.165, 1.54) is 0 Å². The van der Waals surface area contributed by atoms with E-state index in [-0.39, 0.29) is 6.61 Å². The number of aliphatic hydroxyl groups is 1. The molecular weight excluding hydrogens is 260 g/mol. The molecule has 1 aromatic carbocycles. The zero-order chi connectivity index (χ0) is 13.5. The van der Waals surface area contributed by atoms with Gasteiger partial charge in [-0.05, 0) is 35.7 Å². The Morgan fingerprint density at radius 1 is 1.16 bits per heavy atom. The summed E-state index contributed by atoms with van der Waals surface area (Å²) in [5.41, 5.74) is 0.910. The maximum atomic E-state index is 8.70. The molecule has 4 heteroatoms. The first-order chi connectivity index (χ1) is 9.33. The molecule has 0 aliphatic rings. The number of benzene rings is 1. The molecule has 0 atom stereocenters. The van der Waals surface area contributed by atoms with Crippen molar-refractivity contribution >= 4 is 11.3 Å². The van der Waals surface area contributed by atoms with Crippen LogP contribution in [0.3, 0.4) is 0 Å². The number of methoxy groups -OCH3 is 1. The van der Waals surface area contributed by atoms with Crippen molar-refractivity contribution < 1.29 is 14.6 Å². The summed E-state index contributed by atoms with van der Waals surface area (Å²) in [4.78, 5) is 1.05. The van der Waals surface area contributed by atoms with Crippen LogP contribution in [0.4, 0.5) is 0 Å². The molecule has 1 aromatic heterocycles. The lowest BCUT2D eigenvalue weighted by molar-refractivity contribution is 0.308. The van der Waals surface area contributed by atoms with Crippen molar-refractivity contribution in [3.05, 3.63) is 46.2 Å². The summed E-state index contributed by atoms with van der Waals surface area (Å²) in [5.74, 6) is 7.14. The van der Waals surface area contributed by atoms with E-state index in [2.05, 4.69) is 11.8 Å². The number of hydrogen-bond acceptors (Lipinski definition) is 4. The van der Waals surface area contributed by atoms with E-state index in [0.29, 0.717) is 6.61 Å². The Morgan fingerprint density at radius 2 is 1.89 bits per heavy atom. The molecule has 2 rings (SSSR count). The smallest absolute Gasteiger partial charge is 0.124 e. The van der Waals surface area contributed by atoms with Crippen LogP contribution >= 0.6 is 11.3 Å². The Morgan fingerprint density at radius 3 is 2.58 bits per heavy atom. The summed E-state index contributed by atoms with van der Waals surface area (Å²) >= 11 is 1.59. The Kier molecular flexibility index (Phi) is 4.85. The van der Waals surface area contributed by atoms with Crippen molar-refractivity contribution in [2.75, 3.05) is 13.7 Å². The molecule has 19 heavy (non-hydrogen) atoms. The molecule has 0 spiro atoms. The van der Waals surface area contributed by atoms with Crippen molar-refractivity contribution in [3.63, 3.8) is 0 Å². The number of ether oxygens (including phenoxy) is 2. The lowest BCUT2D eigenvalue weighted by Gasteiger charge is -2.06. The van der Waals surface area contributed by atoms with E-state index in [0.717, 1.165) is 21.9 Å². The highest BCUT2D eigenvalue weighted by atomic mass is 32.1. The lowest BCUT2D eigenvalue weighted by Crippen LogP contribution is -1.95. The van der Waals surface area contributed by atoms with Gasteiger partial charge in [0, 0.05) is 5.56 Å². The molecule has 3 nitrogen and oxygen atoms in total. The lowest BCUT2D eigenvalue weighted by atomic mass is 10.2. The van der Waals surface area contributed by atoms with Gasteiger partial charge < -0.3 is 14.6 Å². The Balaban J connectivity index is 2.00. The van der Waals surface area contributed by atoms with Crippen molar-refractivity contribution in [3.8, 4) is 23.3 Å². The topological polar surface area (TPSA) is 38.7 Å². The van der Waals surface area contributed by atoms with E-state index in [4.69, 9.17) is 14.6 Å². The van der Waals surface area contributed by atoms with Crippen LogP contribution in [0.15, 0.2) is 35.7 Å². The molecule has 0 aliphatic heterocycles. The normalized spacial score (nSPS) is 9.58. The Bertz CT molecular complexity index is 575. The standard InChI is InChI=1S/C15H14O3S/c1-17-13-4-6-14(7-5-13)18-11-15-12(3-2-9-16)8-10-19-15/h4-8,10,16H,9,11H2,1H3. The van der Waals surface area contributed by atoms with Gasteiger partial charge in [0.15, 0.2) is 0 Å². The van der Waals surface area contributed by atoms with Gasteiger partial charge >= 0.3 is 0 Å². The van der Waals surface area contributed by atoms with Crippen molar-refractivity contribution in [1.82, 2.24) is 0 Å². The zero-order valence-corrected chi connectivity index (χ0v) is 11.4. The minimum Gasteiger partial charge on any atom is -0.497 e. The zero-order valence-electron chi connectivity index (χ0n) is 10.6. The number of aliphatic hydroxyl groups excluding tert-OH is 1. The molecule has 0 saturated heterocycles. The summed E-state index contributed by atoms with van der Waals surface area (Å²) in [6.45, 7) is 0.341. The molecule has 1 N–H and O–H groups in total. The average molecular weight is 274 g/mol. The largest absolute Gasteiger partial charge is 0.497 e. The molecule has 2 aromatic rings. The van der Waals surface area contributed by atoms with E-state index in [1.54, 1.807) is 18.4 Å². The maximum absolute atomic E-state index is 8.70. The van der Waals surface area contributed by atoms with Crippen LogP contribution in [0, 0.1) is 11.8 Å². The van der Waals surface area contributed by atoms with Crippen molar-refractivity contribution in [2.24, 2.45) is 0 Å². The van der Waals surface area contributed by atoms with Gasteiger partial charge in [0.25, 0.3) is 0 Å². The number of thiophene rings is 1. The van der Waals surface area contributed by atoms with Crippen LogP contribution in [0.1, 0.15) is 10.4 Å². The van der Waals surface area contributed by atoms with Gasteiger partial charge in [-0.15, -0.1) is 11.3 Å². The van der Waals surface area contributed by atoms with Gasteiger partial charge in [0.2, 0.25) is 0 Å². The third kappa shape index (κ3) is 3.75. The molecule has 0 bridgehead atoms. The van der Waals surface area contributed by atoms with Gasteiger partial charge in [-0.2, -0.15) is 0 Å². The first kappa shape index (κ1) is 13.5. The van der Waals surface area contributed by atoms with E-state index in [9.17, 15) is 0 Å². The SMILES string of the molecule is COc1ccc(OCc2sccc2C#CCO)cc1. The molecule has 0 unspecified atom stereocenters. The minimum absolute atomic E-state index is 0.130. The second kappa shape index (κ2) is 6.83. The highest BCUT2D eigenvalue weighted by Gasteiger charge is 2.03. The monoisotopic (exact) mass is 274 g/mol. The molecule has 0 fully saturated rings. The van der Waals surface area contributed by atoms with Gasteiger partial charge in [-0.1, -0.05) is 11.8 Å². The van der Waals surface area contributed by atoms with Gasteiger partial charge in [-0.3, -0.25) is 0 Å². The van der Waals surface area contributed by atoms with Crippen LogP contribution in [0.25, 0.3) is 0 Å². The fourth-order valence-electron chi connectivity index (χ4n) is 1.52. The summed E-state index contributed by atoms with van der Waals surface area (Å²) < 4.78 is 10.8. The first-order valence-electron chi connectivity index (χ1n) is 5.76. The quantitative estimate of drug-likeness (QED) is 0.871. The molecule has 0 aliphatic carbocycles. The second-order valence-corrected chi connectivity index (χ2v) is 4.68. The summed E-state index contributed by atoms with van der Waals surface area (Å²) in [6.07, 6.45) is 0. The Hall–Kier alpha value is -1.96. The van der Waals surface area contributed by atoms with Gasteiger partial charge in [-0.25, -0.2) is 0 Å². The van der Waals surface area contributed by atoms with E-state index < -0.39 is 0 Å². The highest BCUT2D eigenvalue weighted by Crippen LogP contribution is 2.21. The van der Waals surface area contributed by atoms with Crippen LogP contribution in [-0.2, 0) is 6.61 Å². The maximum Gasteiger partial charge on any atom is 0.124 e. The van der Waals surface area contributed by atoms with Crippen LogP contribution in [0.2, 0.25) is 0 Å². The van der Waals surface area contributed by atoms with Crippen LogP contribution in [-0.4, -0.2) is 18.8 Å². The molecular formula is C15H14O3S. The minimum atomic E-state index is -0.130. The van der Waals surface area contributed by atoms with Gasteiger partial charge in [0.05, 0.1) is 12.0 Å². The van der Waals surface area contributed by atoms with E-state index >= 15 is 0 Å². The molecule has 98 valence electrons.